The molecule has 4 atom stereocenters. The van der Waals surface area contributed by atoms with E-state index >= 15 is 0 Å². The van der Waals surface area contributed by atoms with Crippen molar-refractivity contribution in [2.24, 2.45) is 22.4 Å². The average molecular weight is 730 g/mol. The predicted molar refractivity (Wildman–Crippen MR) is 190 cm³/mol. The Morgan fingerprint density at radius 3 is 2.39 bits per heavy atom. The van der Waals surface area contributed by atoms with Crippen LogP contribution in [0, 0.1) is 17.3 Å². The third kappa shape index (κ3) is 9.04. The number of rotatable bonds is 15. The molecule has 3 fully saturated rings. The third-order valence-corrected chi connectivity index (χ3v) is 10.7. The topological polar surface area (TPSA) is 150 Å². The van der Waals surface area contributed by atoms with Crippen LogP contribution in [0.5, 0.6) is 11.5 Å². The first-order valence-corrected chi connectivity index (χ1v) is 18.7. The Morgan fingerprint density at radius 2 is 1.78 bits per heavy atom. The SMILES string of the molecule is CCOc1cc(OC)c(C2=NO[C@]3(C2)C[C@@H](C(=O)C[C@@H](CC2CC2)C(=O)C(=O)CC)N(C(=O)[C@@H](NC(=O)OC2CCCC2)C(C)(C)C)C3)cc1Cl. The molecule has 2 saturated carbocycles. The maximum Gasteiger partial charge on any atom is 0.408 e. The number of amides is 2. The van der Waals surface area contributed by atoms with Gasteiger partial charge >= 0.3 is 6.09 Å². The van der Waals surface area contributed by atoms with Crippen molar-refractivity contribution in [3.05, 3.63) is 22.7 Å². The second kappa shape index (κ2) is 15.9. The van der Waals surface area contributed by atoms with Crippen LogP contribution >= 0.6 is 11.6 Å². The predicted octanol–water partition coefficient (Wildman–Crippen LogP) is 6.22. The molecule has 1 N–H and O–H groups in total. The van der Waals surface area contributed by atoms with Gasteiger partial charge in [0.1, 0.15) is 23.6 Å². The van der Waals surface area contributed by atoms with Gasteiger partial charge in [0.05, 0.1) is 37.0 Å². The summed E-state index contributed by atoms with van der Waals surface area (Å²) in [7, 11) is 1.53. The summed E-state index contributed by atoms with van der Waals surface area (Å²) in [5.41, 5.74) is -0.716. The number of hydrogen-bond acceptors (Lipinski definition) is 10. The number of carbonyl (C=O) groups excluding carboxylic acids is 5. The van der Waals surface area contributed by atoms with E-state index < -0.39 is 52.6 Å². The number of ketones is 3. The lowest BCUT2D eigenvalue weighted by atomic mass is 9.84. The number of carbonyl (C=O) groups is 5. The van der Waals surface area contributed by atoms with Gasteiger partial charge in [0.2, 0.25) is 11.7 Å². The van der Waals surface area contributed by atoms with Crippen molar-refractivity contribution in [3.8, 4) is 11.5 Å². The zero-order valence-electron chi connectivity index (χ0n) is 30.7. The summed E-state index contributed by atoms with van der Waals surface area (Å²) < 4.78 is 16.9. The first-order valence-electron chi connectivity index (χ1n) is 18.3. The smallest absolute Gasteiger partial charge is 0.408 e. The van der Waals surface area contributed by atoms with E-state index in [1.807, 2.05) is 27.7 Å². The molecule has 51 heavy (non-hydrogen) atoms. The maximum absolute atomic E-state index is 14.6. The molecule has 2 aliphatic carbocycles. The van der Waals surface area contributed by atoms with Gasteiger partial charge in [0.15, 0.2) is 17.2 Å². The number of Topliss-reactive ketones (excluding diaryl/α,β-unsaturated/α-hetero) is 3. The second-order valence-corrected chi connectivity index (χ2v) is 15.9. The van der Waals surface area contributed by atoms with Crippen molar-refractivity contribution in [3.63, 3.8) is 0 Å². The van der Waals surface area contributed by atoms with Crippen molar-refractivity contribution in [1.82, 2.24) is 10.2 Å². The van der Waals surface area contributed by atoms with Crippen molar-refractivity contribution in [2.45, 2.75) is 129 Å². The van der Waals surface area contributed by atoms with Crippen LogP contribution in [-0.2, 0) is 28.8 Å². The van der Waals surface area contributed by atoms with Crippen molar-refractivity contribution in [1.29, 1.82) is 0 Å². The molecule has 13 heteroatoms. The lowest BCUT2D eigenvalue weighted by molar-refractivity contribution is -0.143. The summed E-state index contributed by atoms with van der Waals surface area (Å²) in [5, 5.41) is 7.60. The van der Waals surface area contributed by atoms with Gasteiger partial charge in [-0.15, -0.1) is 0 Å². The Bertz CT molecular complexity index is 1550. The zero-order chi connectivity index (χ0) is 37.1. The molecule has 2 aliphatic heterocycles. The first-order chi connectivity index (χ1) is 24.2. The van der Waals surface area contributed by atoms with Gasteiger partial charge in [-0.1, -0.05) is 57.3 Å². The Hall–Kier alpha value is -3.67. The molecule has 1 aromatic carbocycles. The molecule has 1 aromatic rings. The number of nitrogens with one attached hydrogen (secondary N) is 1. The lowest BCUT2D eigenvalue weighted by Crippen LogP contribution is -2.57. The highest BCUT2D eigenvalue weighted by Gasteiger charge is 2.56. The summed E-state index contributed by atoms with van der Waals surface area (Å²) in [6.45, 7) is 9.42. The standard InChI is InChI=1S/C38H52ClN3O9/c1-7-29(43)33(45)23(15-22-13-14-22)16-30(44)28-20-38(19-27(41-51-38)25-17-26(39)32(49-8-2)18-31(25)48-6)21-42(28)35(46)34(37(3,4)5)40-36(47)50-24-11-9-10-12-24/h17-18,22-24,28,34H,7-16,19-21H2,1-6H3,(H,40,47)/t23-,28+,34-,38-/m1/s1. The molecule has 12 nitrogen and oxygen atoms in total. The van der Waals surface area contributed by atoms with Gasteiger partial charge < -0.3 is 29.3 Å². The third-order valence-electron chi connectivity index (χ3n) is 10.4. The molecular weight excluding hydrogens is 678 g/mol. The molecule has 0 aromatic heterocycles. The minimum atomic E-state index is -1.08. The summed E-state index contributed by atoms with van der Waals surface area (Å²) >= 11 is 6.55. The fourth-order valence-corrected chi connectivity index (χ4v) is 7.68. The Kier molecular flexibility index (Phi) is 12.0. The molecule has 4 aliphatic rings. The normalized spacial score (nSPS) is 23.0. The molecule has 1 spiro atoms. The highest BCUT2D eigenvalue weighted by atomic mass is 35.5. The molecule has 280 valence electrons. The molecule has 2 heterocycles. The molecule has 0 radical (unpaired) electrons. The van der Waals surface area contributed by atoms with Crippen LogP contribution in [0.3, 0.4) is 0 Å². The largest absolute Gasteiger partial charge is 0.496 e. The number of benzene rings is 1. The summed E-state index contributed by atoms with van der Waals surface area (Å²) in [5.74, 6) is -1.35. The van der Waals surface area contributed by atoms with Gasteiger partial charge in [0.25, 0.3) is 0 Å². The minimum Gasteiger partial charge on any atom is -0.496 e. The average Bonchev–Trinajstić information content (AvgIpc) is 3.43. The summed E-state index contributed by atoms with van der Waals surface area (Å²) in [6, 6.07) is 1.36. The van der Waals surface area contributed by atoms with E-state index in [-0.39, 0.29) is 44.1 Å². The summed E-state index contributed by atoms with van der Waals surface area (Å²) in [4.78, 5) is 75.4. The Morgan fingerprint density at radius 1 is 1.08 bits per heavy atom. The molecule has 0 unspecified atom stereocenters. The zero-order valence-corrected chi connectivity index (χ0v) is 31.4. The van der Waals surface area contributed by atoms with Crippen LogP contribution in [0.25, 0.3) is 0 Å². The first kappa shape index (κ1) is 38.6. The van der Waals surface area contributed by atoms with Crippen LogP contribution in [0.4, 0.5) is 4.79 Å². The number of methoxy groups -OCH3 is 1. The van der Waals surface area contributed by atoms with E-state index in [0.717, 1.165) is 38.5 Å². The fourth-order valence-electron chi connectivity index (χ4n) is 7.47. The van der Waals surface area contributed by atoms with E-state index in [9.17, 15) is 24.0 Å². The van der Waals surface area contributed by atoms with Gasteiger partial charge in [-0.25, -0.2) is 4.79 Å². The van der Waals surface area contributed by atoms with Crippen LogP contribution in [0.15, 0.2) is 17.3 Å². The molecule has 5 rings (SSSR count). The number of hydrogen-bond donors (Lipinski definition) is 1. The van der Waals surface area contributed by atoms with E-state index in [4.69, 9.17) is 30.6 Å². The van der Waals surface area contributed by atoms with Crippen LogP contribution in [-0.4, -0.2) is 84.0 Å². The van der Waals surface area contributed by atoms with Gasteiger partial charge in [0, 0.05) is 43.2 Å². The van der Waals surface area contributed by atoms with Crippen molar-refractivity contribution < 1.29 is 43.0 Å². The number of likely N-dealkylation sites (tertiary alicyclic amines) is 1. The number of halogens is 1. The fraction of sp³-hybridized carbons (Fsp3) is 0.684. The quantitative estimate of drug-likeness (QED) is 0.208. The molecular formula is C38H52ClN3O9. The number of nitrogens with zero attached hydrogens (tertiary/aromatic N) is 2. The summed E-state index contributed by atoms with van der Waals surface area (Å²) in [6.07, 6.45) is 5.24. The van der Waals surface area contributed by atoms with E-state index in [1.165, 1.54) is 12.0 Å². The Balaban J connectivity index is 1.43. The van der Waals surface area contributed by atoms with Gasteiger partial charge in [-0.2, -0.15) is 0 Å². The maximum atomic E-state index is 14.6. The molecule has 1 saturated heterocycles. The number of ether oxygens (including phenoxy) is 3. The minimum absolute atomic E-state index is 0.00335. The molecule has 2 amide bonds. The van der Waals surface area contributed by atoms with Crippen LogP contribution in [0.2, 0.25) is 5.02 Å². The van der Waals surface area contributed by atoms with Gasteiger partial charge in [-0.05, 0) is 56.4 Å². The van der Waals surface area contributed by atoms with E-state index in [0.29, 0.717) is 46.7 Å². The second-order valence-electron chi connectivity index (χ2n) is 15.5. The van der Waals surface area contributed by atoms with Crippen molar-refractivity contribution >= 4 is 46.7 Å². The highest BCUT2D eigenvalue weighted by molar-refractivity contribution is 6.38. The number of oxime groups is 1. The van der Waals surface area contributed by atoms with Crippen LogP contribution < -0.4 is 14.8 Å². The number of alkyl carbamates (subject to hydrolysis) is 1. The molecule has 0 bridgehead atoms. The van der Waals surface area contributed by atoms with E-state index in [2.05, 4.69) is 10.5 Å². The van der Waals surface area contributed by atoms with E-state index in [1.54, 1.807) is 19.1 Å². The van der Waals surface area contributed by atoms with Gasteiger partial charge in [-0.3, -0.25) is 19.2 Å². The lowest BCUT2D eigenvalue weighted by Gasteiger charge is -2.35. The van der Waals surface area contributed by atoms with Crippen LogP contribution in [0.1, 0.15) is 111 Å². The van der Waals surface area contributed by atoms with Crippen molar-refractivity contribution in [2.75, 3.05) is 20.3 Å². The highest BCUT2D eigenvalue weighted by Crippen LogP contribution is 2.44. The monoisotopic (exact) mass is 729 g/mol. The Labute approximate surface area is 305 Å².